The molecule has 0 atom stereocenters. The van der Waals surface area contributed by atoms with Gasteiger partial charge in [0.25, 0.3) is 5.91 Å². The van der Waals surface area contributed by atoms with E-state index in [4.69, 9.17) is 0 Å². The number of hydrogen-bond acceptors (Lipinski definition) is 5. The monoisotopic (exact) mass is 382 g/mol. The van der Waals surface area contributed by atoms with Gasteiger partial charge in [-0.2, -0.15) is 0 Å². The van der Waals surface area contributed by atoms with Crippen LogP contribution in [0.1, 0.15) is 70.9 Å². The SMILES string of the molecule is O=C(NC1CC(c2cc(N3CCCC3)ncn2)C1)c1csc2c1CCCC2. The standard InChI is InChI=1S/C21H26N4OS/c26-21(17-12-27-19-6-2-1-5-16(17)19)24-15-9-14(10-15)18-11-20(23-13-22-18)25-7-3-4-8-25/h11-15H,1-10H2,(H,24,26). The van der Waals surface area contributed by atoms with Gasteiger partial charge in [-0.1, -0.05) is 0 Å². The number of carbonyl (C=O) groups is 1. The van der Waals surface area contributed by atoms with Crippen LogP contribution in [0.5, 0.6) is 0 Å². The molecule has 142 valence electrons. The van der Waals surface area contributed by atoms with Crippen LogP contribution < -0.4 is 10.2 Å². The van der Waals surface area contributed by atoms with Gasteiger partial charge in [-0.25, -0.2) is 9.97 Å². The van der Waals surface area contributed by atoms with E-state index in [0.717, 1.165) is 55.8 Å². The molecule has 5 nitrogen and oxygen atoms in total. The maximum Gasteiger partial charge on any atom is 0.252 e. The van der Waals surface area contributed by atoms with Crippen LogP contribution in [0.4, 0.5) is 5.82 Å². The molecule has 1 saturated heterocycles. The normalized spacial score (nSPS) is 24.4. The first kappa shape index (κ1) is 17.2. The number of nitrogens with one attached hydrogen (secondary N) is 1. The van der Waals surface area contributed by atoms with Crippen molar-refractivity contribution in [3.63, 3.8) is 0 Å². The molecule has 0 aromatic carbocycles. The summed E-state index contributed by atoms with van der Waals surface area (Å²) in [6, 6.07) is 2.43. The van der Waals surface area contributed by atoms with Crippen LogP contribution in [0.15, 0.2) is 17.8 Å². The van der Waals surface area contributed by atoms with Crippen LogP contribution in [0.3, 0.4) is 0 Å². The van der Waals surface area contributed by atoms with Crippen LogP contribution in [-0.4, -0.2) is 35.0 Å². The molecule has 2 aromatic rings. The first-order valence-electron chi connectivity index (χ1n) is 10.2. The van der Waals surface area contributed by atoms with E-state index in [1.807, 2.05) is 0 Å². The molecule has 3 heterocycles. The third kappa shape index (κ3) is 3.35. The van der Waals surface area contributed by atoms with Crippen molar-refractivity contribution in [3.05, 3.63) is 39.5 Å². The number of aromatic nitrogens is 2. The Labute approximate surface area is 164 Å². The smallest absolute Gasteiger partial charge is 0.252 e. The lowest BCUT2D eigenvalue weighted by atomic mass is 9.78. The third-order valence-corrected chi connectivity index (χ3v) is 7.39. The highest BCUT2D eigenvalue weighted by Gasteiger charge is 2.34. The number of rotatable bonds is 4. The summed E-state index contributed by atoms with van der Waals surface area (Å²) in [5.74, 6) is 1.63. The lowest BCUT2D eigenvalue weighted by Gasteiger charge is -2.35. The molecule has 5 rings (SSSR count). The fraction of sp³-hybridized carbons (Fsp3) is 0.571. The minimum Gasteiger partial charge on any atom is -0.357 e. The van der Waals surface area contributed by atoms with Crippen molar-refractivity contribution in [2.75, 3.05) is 18.0 Å². The molecule has 1 N–H and O–H groups in total. The van der Waals surface area contributed by atoms with Crippen molar-refractivity contribution < 1.29 is 4.79 Å². The van der Waals surface area contributed by atoms with Crippen LogP contribution in [0.25, 0.3) is 0 Å². The van der Waals surface area contributed by atoms with Gasteiger partial charge in [-0.15, -0.1) is 11.3 Å². The third-order valence-electron chi connectivity index (χ3n) is 6.30. The number of thiophene rings is 1. The highest BCUT2D eigenvalue weighted by molar-refractivity contribution is 7.10. The molecule has 0 bridgehead atoms. The van der Waals surface area contributed by atoms with Crippen molar-refractivity contribution in [2.45, 2.75) is 63.3 Å². The Hall–Kier alpha value is -1.95. The van der Waals surface area contributed by atoms with Gasteiger partial charge in [0, 0.05) is 47.1 Å². The molecule has 0 spiro atoms. The predicted molar refractivity (Wildman–Crippen MR) is 108 cm³/mol. The molecule has 27 heavy (non-hydrogen) atoms. The molecule has 2 aromatic heterocycles. The lowest BCUT2D eigenvalue weighted by Crippen LogP contribution is -2.43. The van der Waals surface area contributed by atoms with Crippen LogP contribution in [0.2, 0.25) is 0 Å². The van der Waals surface area contributed by atoms with Gasteiger partial charge in [0.05, 0.1) is 5.56 Å². The van der Waals surface area contributed by atoms with E-state index >= 15 is 0 Å². The molecule has 2 fully saturated rings. The molecule has 0 radical (unpaired) electrons. The Morgan fingerprint density at radius 3 is 2.78 bits per heavy atom. The molecule has 3 aliphatic rings. The summed E-state index contributed by atoms with van der Waals surface area (Å²) in [5.41, 5.74) is 3.37. The Bertz CT molecular complexity index is 836. The molecule has 1 aliphatic heterocycles. The average molecular weight is 383 g/mol. The summed E-state index contributed by atoms with van der Waals surface area (Å²) in [6.45, 7) is 2.20. The summed E-state index contributed by atoms with van der Waals surface area (Å²) in [5, 5.41) is 5.32. The summed E-state index contributed by atoms with van der Waals surface area (Å²) < 4.78 is 0. The zero-order valence-electron chi connectivity index (χ0n) is 15.6. The van der Waals surface area contributed by atoms with E-state index in [0.29, 0.717) is 5.92 Å². The first-order valence-corrected chi connectivity index (χ1v) is 11.1. The van der Waals surface area contributed by atoms with Crippen molar-refractivity contribution in [2.24, 2.45) is 0 Å². The minimum absolute atomic E-state index is 0.123. The topological polar surface area (TPSA) is 58.1 Å². The van der Waals surface area contributed by atoms with Crippen LogP contribution >= 0.6 is 11.3 Å². The summed E-state index contributed by atoms with van der Waals surface area (Å²) >= 11 is 1.76. The minimum atomic E-state index is 0.123. The van der Waals surface area contributed by atoms with E-state index in [-0.39, 0.29) is 11.9 Å². The molecule has 6 heteroatoms. The Morgan fingerprint density at radius 1 is 1.11 bits per heavy atom. The number of anilines is 1. The van der Waals surface area contributed by atoms with Gasteiger partial charge in [-0.3, -0.25) is 4.79 Å². The second-order valence-corrected chi connectivity index (χ2v) is 9.06. The van der Waals surface area contributed by atoms with Crippen molar-refractivity contribution in [3.8, 4) is 0 Å². The van der Waals surface area contributed by atoms with E-state index in [9.17, 15) is 4.79 Å². The number of hydrogen-bond donors (Lipinski definition) is 1. The van der Waals surface area contributed by atoms with Crippen molar-refractivity contribution in [1.82, 2.24) is 15.3 Å². The Morgan fingerprint density at radius 2 is 1.93 bits per heavy atom. The van der Waals surface area contributed by atoms with Gasteiger partial charge in [0.2, 0.25) is 0 Å². The Kier molecular flexibility index (Phi) is 4.60. The van der Waals surface area contributed by atoms with Crippen LogP contribution in [0, 0.1) is 0 Å². The summed E-state index contributed by atoms with van der Waals surface area (Å²) in [6.07, 6.45) is 10.8. The fourth-order valence-corrected chi connectivity index (χ4v) is 5.75. The second kappa shape index (κ2) is 7.23. The highest BCUT2D eigenvalue weighted by atomic mass is 32.1. The summed E-state index contributed by atoms with van der Waals surface area (Å²) in [7, 11) is 0. The lowest BCUT2D eigenvalue weighted by molar-refractivity contribution is 0.0907. The number of carbonyl (C=O) groups excluding carboxylic acids is 1. The molecule has 0 unspecified atom stereocenters. The van der Waals surface area contributed by atoms with Crippen LogP contribution in [-0.2, 0) is 12.8 Å². The maximum atomic E-state index is 12.7. The van der Waals surface area contributed by atoms with E-state index in [1.165, 1.54) is 36.1 Å². The number of nitrogens with zero attached hydrogens (tertiary/aromatic N) is 3. The predicted octanol–water partition coefficient (Wildman–Crippen LogP) is 3.69. The molecule has 1 amide bonds. The van der Waals surface area contributed by atoms with Crippen molar-refractivity contribution in [1.29, 1.82) is 0 Å². The summed E-state index contributed by atoms with van der Waals surface area (Å²) in [4.78, 5) is 25.4. The first-order chi connectivity index (χ1) is 13.3. The molecular weight excluding hydrogens is 356 g/mol. The van der Waals surface area contributed by atoms with Gasteiger partial charge in [0.1, 0.15) is 12.1 Å². The highest BCUT2D eigenvalue weighted by Crippen LogP contribution is 2.37. The largest absolute Gasteiger partial charge is 0.357 e. The van der Waals surface area contributed by atoms with Gasteiger partial charge in [0.15, 0.2) is 0 Å². The zero-order chi connectivity index (χ0) is 18.2. The van der Waals surface area contributed by atoms with Gasteiger partial charge in [-0.05, 0) is 56.9 Å². The Balaban J connectivity index is 1.19. The fourth-order valence-electron chi connectivity index (χ4n) is 4.63. The quantitative estimate of drug-likeness (QED) is 0.876. The average Bonchev–Trinajstić information content (AvgIpc) is 3.34. The van der Waals surface area contributed by atoms with E-state index < -0.39 is 0 Å². The van der Waals surface area contributed by atoms with Gasteiger partial charge < -0.3 is 10.2 Å². The van der Waals surface area contributed by atoms with Crippen molar-refractivity contribution >= 4 is 23.1 Å². The number of aryl methyl sites for hydroxylation is 1. The second-order valence-electron chi connectivity index (χ2n) is 8.09. The van der Waals surface area contributed by atoms with E-state index in [1.54, 1.807) is 17.7 Å². The van der Waals surface area contributed by atoms with E-state index in [2.05, 4.69) is 31.6 Å². The number of fused-ring (bicyclic) bond motifs is 1. The molecule has 2 aliphatic carbocycles. The van der Waals surface area contributed by atoms with Gasteiger partial charge >= 0.3 is 0 Å². The molecular formula is C21H26N4OS. The molecule has 1 saturated carbocycles. The number of amides is 1. The maximum absolute atomic E-state index is 12.7. The zero-order valence-corrected chi connectivity index (χ0v) is 16.4.